The minimum atomic E-state index is -0.408. The van der Waals surface area contributed by atoms with Gasteiger partial charge in [-0.1, -0.05) is 12.1 Å². The fraction of sp³-hybridized carbons (Fsp3) is 0.250. The van der Waals surface area contributed by atoms with E-state index in [2.05, 4.69) is 21.1 Å². The summed E-state index contributed by atoms with van der Waals surface area (Å²) in [5, 5.41) is 36.8. The van der Waals surface area contributed by atoms with Crippen LogP contribution in [-0.4, -0.2) is 59.2 Å². The molecule has 0 bridgehead atoms. The number of aliphatic hydroxyl groups excluding tert-OH is 1. The van der Waals surface area contributed by atoms with Gasteiger partial charge < -0.3 is 29.3 Å². The van der Waals surface area contributed by atoms with Crippen molar-refractivity contribution >= 4 is 11.0 Å². The van der Waals surface area contributed by atoms with Gasteiger partial charge in [0.05, 0.1) is 33.3 Å². The number of hydrogen-bond acceptors (Lipinski definition) is 6. The van der Waals surface area contributed by atoms with Crippen molar-refractivity contribution in [1.82, 2.24) is 0 Å². The average molecular weight is 374 g/mol. The van der Waals surface area contributed by atoms with Crippen LogP contribution < -0.4 is 5.43 Å². The molecule has 0 saturated carbocycles. The van der Waals surface area contributed by atoms with Crippen molar-refractivity contribution in [1.29, 1.82) is 0 Å². The molecular formula is C20H24NO6+. The molecule has 0 aliphatic carbocycles. The van der Waals surface area contributed by atoms with Crippen LogP contribution in [0.2, 0.25) is 0 Å². The van der Waals surface area contributed by atoms with E-state index in [1.807, 2.05) is 0 Å². The van der Waals surface area contributed by atoms with Crippen molar-refractivity contribution in [3.05, 3.63) is 52.9 Å². The second-order valence-corrected chi connectivity index (χ2v) is 7.10. The Hall–Kier alpha value is -3.03. The van der Waals surface area contributed by atoms with E-state index in [9.17, 15) is 20.1 Å². The summed E-state index contributed by atoms with van der Waals surface area (Å²) >= 11 is 0. The van der Waals surface area contributed by atoms with Crippen molar-refractivity contribution in [2.45, 2.75) is 0 Å². The number of phenolic OH excluding ortho intramolecular Hbond substituents is 3. The third kappa shape index (κ3) is 5.22. The Morgan fingerprint density at radius 3 is 2.11 bits per heavy atom. The van der Waals surface area contributed by atoms with Gasteiger partial charge in [0.15, 0.2) is 0 Å². The molecule has 27 heavy (non-hydrogen) atoms. The fourth-order valence-corrected chi connectivity index (χ4v) is 2.36. The number of likely N-dealkylation sites (N-methyl/N-ethyl adjacent to an activating group) is 1. The molecule has 2 aromatic carbocycles. The molecule has 0 saturated heterocycles. The Labute approximate surface area is 156 Å². The van der Waals surface area contributed by atoms with Crippen molar-refractivity contribution in [2.24, 2.45) is 0 Å². The molecule has 0 fully saturated rings. The predicted molar refractivity (Wildman–Crippen MR) is 103 cm³/mol. The van der Waals surface area contributed by atoms with Gasteiger partial charge in [-0.2, -0.15) is 0 Å². The number of aromatic hydroxyl groups is 3. The molecule has 0 atom stereocenters. The van der Waals surface area contributed by atoms with Crippen LogP contribution in [0.3, 0.4) is 0 Å². The van der Waals surface area contributed by atoms with Crippen LogP contribution in [0.4, 0.5) is 0 Å². The third-order valence-electron chi connectivity index (χ3n) is 3.79. The monoisotopic (exact) mass is 374 g/mol. The van der Waals surface area contributed by atoms with Gasteiger partial charge in [0.2, 0.25) is 5.43 Å². The molecule has 0 radical (unpaired) electrons. The highest BCUT2D eigenvalue weighted by atomic mass is 16.3. The lowest BCUT2D eigenvalue weighted by molar-refractivity contribution is -0.870. The maximum Gasteiger partial charge on any atom is 0.204 e. The number of rotatable bonds is 3. The summed E-state index contributed by atoms with van der Waals surface area (Å²) in [5.74, 6) is -0.434. The predicted octanol–water partition coefficient (Wildman–Crippen LogP) is 2.26. The van der Waals surface area contributed by atoms with E-state index < -0.39 is 5.43 Å². The van der Waals surface area contributed by atoms with Crippen LogP contribution in [-0.2, 0) is 0 Å². The molecule has 0 amide bonds. The van der Waals surface area contributed by atoms with Crippen LogP contribution >= 0.6 is 0 Å². The van der Waals surface area contributed by atoms with E-state index in [1.54, 1.807) is 12.1 Å². The number of nitrogens with zero attached hydrogens (tertiary/aromatic N) is 1. The Morgan fingerprint density at radius 2 is 1.59 bits per heavy atom. The summed E-state index contributed by atoms with van der Waals surface area (Å²) in [6.07, 6.45) is 1.26. The van der Waals surface area contributed by atoms with Gasteiger partial charge in [-0.15, -0.1) is 0 Å². The lowest BCUT2D eigenvalue weighted by Gasteiger charge is -2.21. The molecule has 0 spiro atoms. The zero-order chi connectivity index (χ0) is 20.2. The Morgan fingerprint density at radius 1 is 0.963 bits per heavy atom. The molecule has 7 heteroatoms. The van der Waals surface area contributed by atoms with Crippen LogP contribution in [0.25, 0.3) is 22.1 Å². The first-order chi connectivity index (χ1) is 12.6. The van der Waals surface area contributed by atoms with Gasteiger partial charge in [-0.05, 0) is 17.7 Å². The molecule has 0 aliphatic rings. The van der Waals surface area contributed by atoms with E-state index >= 15 is 0 Å². The first kappa shape index (κ1) is 20.3. The fourth-order valence-electron chi connectivity index (χ4n) is 2.36. The van der Waals surface area contributed by atoms with Crippen molar-refractivity contribution in [3.63, 3.8) is 0 Å². The van der Waals surface area contributed by atoms with Gasteiger partial charge >= 0.3 is 0 Å². The second kappa shape index (κ2) is 8.11. The number of fused-ring (bicyclic) bond motifs is 1. The van der Waals surface area contributed by atoms with E-state index in [4.69, 9.17) is 9.52 Å². The topological polar surface area (TPSA) is 111 Å². The average Bonchev–Trinajstić information content (AvgIpc) is 2.55. The summed E-state index contributed by atoms with van der Waals surface area (Å²) in [5.41, 5.74) is 0.522. The number of quaternary nitrogens is 1. The second-order valence-electron chi connectivity index (χ2n) is 7.10. The molecule has 1 heterocycles. The number of phenols is 3. The highest BCUT2D eigenvalue weighted by molar-refractivity contribution is 5.87. The summed E-state index contributed by atoms with van der Waals surface area (Å²) in [7, 11) is 6.16. The van der Waals surface area contributed by atoms with E-state index in [-0.39, 0.29) is 40.4 Å². The molecule has 1 aromatic heterocycles. The van der Waals surface area contributed by atoms with Crippen molar-refractivity contribution < 1.29 is 29.3 Å². The summed E-state index contributed by atoms with van der Waals surface area (Å²) in [6.45, 7) is 1.11. The first-order valence-electron chi connectivity index (χ1n) is 8.30. The van der Waals surface area contributed by atoms with Crippen LogP contribution in [0.5, 0.6) is 17.2 Å². The SMILES string of the molecule is C[N+](C)(C)CCO.O=c1c(-c2ccc(O)cc2)coc2cc(O)cc(O)c12. The minimum Gasteiger partial charge on any atom is -0.508 e. The van der Waals surface area contributed by atoms with Crippen LogP contribution in [0.15, 0.2) is 51.9 Å². The summed E-state index contributed by atoms with van der Waals surface area (Å²) < 4.78 is 6.13. The lowest BCUT2D eigenvalue weighted by Crippen LogP contribution is -2.36. The molecule has 3 aromatic rings. The Balaban J connectivity index is 0.000000321. The van der Waals surface area contributed by atoms with Gasteiger partial charge in [0.25, 0.3) is 0 Å². The highest BCUT2D eigenvalue weighted by Crippen LogP contribution is 2.29. The van der Waals surface area contributed by atoms with E-state index in [0.717, 1.165) is 17.1 Å². The summed E-state index contributed by atoms with van der Waals surface area (Å²) in [4.78, 5) is 12.4. The smallest absolute Gasteiger partial charge is 0.204 e. The lowest BCUT2D eigenvalue weighted by atomic mass is 10.0. The molecule has 0 aliphatic heterocycles. The van der Waals surface area contributed by atoms with Crippen LogP contribution in [0.1, 0.15) is 0 Å². The molecule has 3 rings (SSSR count). The third-order valence-corrected chi connectivity index (χ3v) is 3.79. The maximum atomic E-state index is 12.4. The quantitative estimate of drug-likeness (QED) is 0.524. The first-order valence-corrected chi connectivity index (χ1v) is 8.30. The minimum absolute atomic E-state index is 0.00775. The number of benzene rings is 2. The van der Waals surface area contributed by atoms with Crippen molar-refractivity contribution in [3.8, 4) is 28.4 Å². The van der Waals surface area contributed by atoms with Gasteiger partial charge in [0.1, 0.15) is 41.0 Å². The number of hydrogen-bond donors (Lipinski definition) is 4. The van der Waals surface area contributed by atoms with Gasteiger partial charge in [-0.3, -0.25) is 4.79 Å². The zero-order valence-electron chi connectivity index (χ0n) is 15.5. The molecule has 144 valence electrons. The summed E-state index contributed by atoms with van der Waals surface area (Å²) in [6, 6.07) is 8.40. The van der Waals surface area contributed by atoms with Gasteiger partial charge in [0, 0.05) is 12.1 Å². The van der Waals surface area contributed by atoms with Crippen molar-refractivity contribution in [2.75, 3.05) is 34.3 Å². The standard InChI is InChI=1S/C15H10O5.C5H14NO/c16-9-3-1-8(2-4-9)11-7-20-13-6-10(17)5-12(18)14(13)15(11)19;1-6(2,3)4-5-7/h1-7,16-18H;7H,4-5H2,1-3H3/q;+1. The molecule has 7 nitrogen and oxygen atoms in total. The van der Waals surface area contributed by atoms with Gasteiger partial charge in [-0.25, -0.2) is 0 Å². The molecular weight excluding hydrogens is 350 g/mol. The van der Waals surface area contributed by atoms with Crippen LogP contribution in [0, 0.1) is 0 Å². The normalized spacial score (nSPS) is 11.1. The van der Waals surface area contributed by atoms with E-state index in [0.29, 0.717) is 5.56 Å². The largest absolute Gasteiger partial charge is 0.508 e. The maximum absolute atomic E-state index is 12.4. The Bertz CT molecular complexity index is 971. The van der Waals surface area contributed by atoms with E-state index in [1.165, 1.54) is 24.5 Å². The zero-order valence-corrected chi connectivity index (χ0v) is 15.5. The molecule has 0 unspecified atom stereocenters. The molecule has 4 N–H and O–H groups in total. The number of aliphatic hydroxyl groups is 1. The Kier molecular flexibility index (Phi) is 6.09. The highest BCUT2D eigenvalue weighted by Gasteiger charge is 2.13.